The molecular formula is C21H20ClN3O5S. The van der Waals surface area contributed by atoms with Crippen molar-refractivity contribution in [3.63, 3.8) is 0 Å². The third-order valence-corrected chi connectivity index (χ3v) is 5.28. The van der Waals surface area contributed by atoms with Gasteiger partial charge in [-0.05, 0) is 49.0 Å². The second-order valence-electron chi connectivity index (χ2n) is 6.67. The molecule has 3 rings (SSSR count). The van der Waals surface area contributed by atoms with Crippen LogP contribution in [0.2, 0.25) is 5.02 Å². The Morgan fingerprint density at radius 1 is 1.26 bits per heavy atom. The zero-order valence-electron chi connectivity index (χ0n) is 16.8. The second-order valence-corrected chi connectivity index (χ2v) is 7.50. The van der Waals surface area contributed by atoms with Gasteiger partial charge in [-0.2, -0.15) is 0 Å². The fourth-order valence-electron chi connectivity index (χ4n) is 3.27. The number of halogens is 1. The summed E-state index contributed by atoms with van der Waals surface area (Å²) in [5.41, 5.74) is 1.98. The predicted octanol–water partition coefficient (Wildman–Crippen LogP) is 4.15. The highest BCUT2D eigenvalue weighted by Crippen LogP contribution is 2.35. The Hall–Kier alpha value is -3.01. The maximum Gasteiger partial charge on any atom is 0.338 e. The minimum atomic E-state index is -0.717. The Balaban J connectivity index is 2.09. The van der Waals surface area contributed by atoms with E-state index >= 15 is 0 Å². The van der Waals surface area contributed by atoms with E-state index in [1.165, 1.54) is 19.2 Å². The molecule has 0 aromatic heterocycles. The minimum absolute atomic E-state index is 0.0686. The normalized spacial score (nSPS) is 16.2. The number of nitrogens with zero attached hydrogens (tertiary/aromatic N) is 2. The molecule has 0 saturated heterocycles. The van der Waals surface area contributed by atoms with Gasteiger partial charge >= 0.3 is 5.97 Å². The van der Waals surface area contributed by atoms with Gasteiger partial charge in [-0.3, -0.25) is 15.0 Å². The zero-order valence-corrected chi connectivity index (χ0v) is 18.4. The molecule has 1 heterocycles. The summed E-state index contributed by atoms with van der Waals surface area (Å²) in [4.78, 5) is 25.5. The smallest absolute Gasteiger partial charge is 0.338 e. The van der Waals surface area contributed by atoms with Gasteiger partial charge in [0.25, 0.3) is 5.69 Å². The van der Waals surface area contributed by atoms with Gasteiger partial charge in [0.2, 0.25) is 0 Å². The van der Waals surface area contributed by atoms with Crippen LogP contribution in [0.25, 0.3) is 0 Å². The van der Waals surface area contributed by atoms with Gasteiger partial charge in [0.05, 0.1) is 23.1 Å². The molecule has 1 unspecified atom stereocenters. The van der Waals surface area contributed by atoms with Crippen LogP contribution >= 0.6 is 23.8 Å². The number of benzene rings is 2. The fourth-order valence-corrected chi connectivity index (χ4v) is 3.76. The number of nitro benzene ring substituents is 1. The molecule has 0 saturated carbocycles. The summed E-state index contributed by atoms with van der Waals surface area (Å²) in [5.74, 6) is -0.569. The van der Waals surface area contributed by atoms with Crippen LogP contribution in [0.4, 0.5) is 11.4 Å². The maximum atomic E-state index is 13.0. The van der Waals surface area contributed by atoms with E-state index in [2.05, 4.69) is 5.32 Å². The fraction of sp³-hybridized carbons (Fsp3) is 0.238. The molecule has 1 aliphatic heterocycles. The third-order valence-electron chi connectivity index (χ3n) is 4.72. The molecule has 162 valence electrons. The lowest BCUT2D eigenvalue weighted by molar-refractivity contribution is -0.384. The lowest BCUT2D eigenvalue weighted by Gasteiger charge is -2.37. The number of anilines is 1. The lowest BCUT2D eigenvalue weighted by atomic mass is 9.94. The minimum Gasteiger partial charge on any atom is -0.460 e. The van der Waals surface area contributed by atoms with Crippen molar-refractivity contribution in [1.29, 1.82) is 0 Å². The molecule has 0 bridgehead atoms. The first-order chi connectivity index (χ1) is 14.8. The van der Waals surface area contributed by atoms with E-state index in [0.29, 0.717) is 32.7 Å². The van der Waals surface area contributed by atoms with Crippen molar-refractivity contribution in [2.75, 3.05) is 25.2 Å². The van der Waals surface area contributed by atoms with Gasteiger partial charge in [0.15, 0.2) is 5.11 Å². The third kappa shape index (κ3) is 5.01. The number of allylic oxidation sites excluding steroid dienone is 1. The van der Waals surface area contributed by atoms with Crippen LogP contribution in [0, 0.1) is 10.1 Å². The summed E-state index contributed by atoms with van der Waals surface area (Å²) in [6.07, 6.45) is 0. The predicted molar refractivity (Wildman–Crippen MR) is 121 cm³/mol. The number of carbonyl (C=O) groups excluding carboxylic acids is 1. The Morgan fingerprint density at radius 2 is 1.97 bits per heavy atom. The van der Waals surface area contributed by atoms with Crippen LogP contribution in [0.3, 0.4) is 0 Å². The number of esters is 1. The first kappa shape index (κ1) is 22.7. The monoisotopic (exact) mass is 461 g/mol. The largest absolute Gasteiger partial charge is 0.460 e. The van der Waals surface area contributed by atoms with Gasteiger partial charge < -0.3 is 14.8 Å². The van der Waals surface area contributed by atoms with Crippen molar-refractivity contribution in [1.82, 2.24) is 5.32 Å². The molecule has 2 aromatic rings. The summed E-state index contributed by atoms with van der Waals surface area (Å²) in [6, 6.07) is 12.3. The van der Waals surface area contributed by atoms with Crippen molar-refractivity contribution in [2.24, 2.45) is 0 Å². The van der Waals surface area contributed by atoms with Crippen LogP contribution in [0.5, 0.6) is 0 Å². The first-order valence-electron chi connectivity index (χ1n) is 9.31. The SMILES string of the molecule is COCCOC(=O)C1=C(C)N(c2ccc(Cl)cc2)C(=S)NC1c1cccc([N+](=O)[O-])c1. The summed E-state index contributed by atoms with van der Waals surface area (Å²) >= 11 is 11.6. The molecule has 0 fully saturated rings. The molecule has 0 spiro atoms. The second kappa shape index (κ2) is 9.86. The highest BCUT2D eigenvalue weighted by molar-refractivity contribution is 7.80. The van der Waals surface area contributed by atoms with Gasteiger partial charge in [-0.25, -0.2) is 4.79 Å². The van der Waals surface area contributed by atoms with Crippen molar-refractivity contribution in [3.05, 3.63) is 80.5 Å². The summed E-state index contributed by atoms with van der Waals surface area (Å²) in [5, 5.41) is 15.3. The zero-order chi connectivity index (χ0) is 22.5. The molecule has 0 radical (unpaired) electrons. The number of hydrogen-bond acceptors (Lipinski definition) is 6. The lowest BCUT2D eigenvalue weighted by Crippen LogP contribution is -2.48. The molecule has 0 amide bonds. The van der Waals surface area contributed by atoms with E-state index < -0.39 is 16.9 Å². The Labute approximate surface area is 189 Å². The Bertz CT molecular complexity index is 1040. The van der Waals surface area contributed by atoms with Gasteiger partial charge in [-0.1, -0.05) is 23.7 Å². The number of carbonyl (C=O) groups is 1. The number of nitro groups is 1. The van der Waals surface area contributed by atoms with Gasteiger partial charge in [0, 0.05) is 35.6 Å². The van der Waals surface area contributed by atoms with Gasteiger partial charge in [0.1, 0.15) is 6.61 Å². The van der Waals surface area contributed by atoms with Crippen LogP contribution < -0.4 is 10.2 Å². The van der Waals surface area contributed by atoms with E-state index in [-0.39, 0.29) is 18.9 Å². The summed E-state index contributed by atoms with van der Waals surface area (Å²) in [6.45, 7) is 2.06. The number of thiocarbonyl (C=S) groups is 1. The first-order valence-corrected chi connectivity index (χ1v) is 10.1. The van der Waals surface area contributed by atoms with Crippen LogP contribution in [0.1, 0.15) is 18.5 Å². The quantitative estimate of drug-likeness (QED) is 0.216. The van der Waals surface area contributed by atoms with E-state index in [4.69, 9.17) is 33.3 Å². The molecule has 1 N–H and O–H groups in total. The molecule has 0 aliphatic carbocycles. The van der Waals surface area contributed by atoms with E-state index in [9.17, 15) is 14.9 Å². The number of non-ortho nitro benzene ring substituents is 1. The number of rotatable bonds is 7. The maximum absolute atomic E-state index is 13.0. The van der Waals surface area contributed by atoms with Crippen molar-refractivity contribution in [2.45, 2.75) is 13.0 Å². The Morgan fingerprint density at radius 3 is 2.61 bits per heavy atom. The highest BCUT2D eigenvalue weighted by atomic mass is 35.5. The van der Waals surface area contributed by atoms with Crippen molar-refractivity contribution in [3.8, 4) is 0 Å². The average molecular weight is 462 g/mol. The highest BCUT2D eigenvalue weighted by Gasteiger charge is 2.36. The molecule has 31 heavy (non-hydrogen) atoms. The summed E-state index contributed by atoms with van der Waals surface area (Å²) in [7, 11) is 1.51. The van der Waals surface area contributed by atoms with Crippen molar-refractivity contribution >= 4 is 46.3 Å². The van der Waals surface area contributed by atoms with E-state index in [1.807, 2.05) is 0 Å². The topological polar surface area (TPSA) is 93.9 Å². The number of hydrogen-bond donors (Lipinski definition) is 1. The number of methoxy groups -OCH3 is 1. The average Bonchev–Trinajstić information content (AvgIpc) is 2.74. The van der Waals surface area contributed by atoms with Gasteiger partial charge in [-0.15, -0.1) is 0 Å². The molecule has 1 aliphatic rings. The molecule has 8 nitrogen and oxygen atoms in total. The summed E-state index contributed by atoms with van der Waals surface area (Å²) < 4.78 is 10.3. The molecule has 10 heteroatoms. The van der Waals surface area contributed by atoms with Crippen LogP contribution in [-0.2, 0) is 14.3 Å². The Kier molecular flexibility index (Phi) is 7.21. The van der Waals surface area contributed by atoms with E-state index in [0.717, 1.165) is 0 Å². The molecule has 2 aromatic carbocycles. The number of nitrogens with one attached hydrogen (secondary N) is 1. The molecule has 1 atom stereocenters. The number of ether oxygens (including phenoxy) is 2. The van der Waals surface area contributed by atoms with E-state index in [1.54, 1.807) is 48.2 Å². The van der Waals surface area contributed by atoms with Crippen LogP contribution in [0.15, 0.2) is 59.8 Å². The van der Waals surface area contributed by atoms with Crippen LogP contribution in [-0.4, -0.2) is 36.3 Å². The van der Waals surface area contributed by atoms with Crippen molar-refractivity contribution < 1.29 is 19.2 Å². The molecular weight excluding hydrogens is 442 g/mol. The standard InChI is InChI=1S/C21H20ClN3O5S/c1-13-18(20(26)30-11-10-29-2)19(14-4-3-5-17(12-14)25(27)28)23-21(31)24(13)16-8-6-15(22)7-9-16/h3-9,12,19H,10-11H2,1-2H3,(H,23,31).